The molecule has 0 aromatic rings. The van der Waals surface area contributed by atoms with E-state index in [2.05, 4.69) is 29.0 Å². The number of hydrogen-bond donors (Lipinski definition) is 0. The molecule has 0 bridgehead atoms. The van der Waals surface area contributed by atoms with Crippen LogP contribution in [-0.4, -0.2) is 24.2 Å². The number of hydrogen-bond acceptors (Lipinski definition) is 5. The van der Waals surface area contributed by atoms with Crippen molar-refractivity contribution >= 4 is 46.4 Å². The quantitative estimate of drug-likeness (QED) is 0.584. The first-order chi connectivity index (χ1) is 7.60. The van der Waals surface area contributed by atoms with E-state index in [-0.39, 0.29) is 12.5 Å². The van der Waals surface area contributed by atoms with Gasteiger partial charge in [0.1, 0.15) is 39.8 Å². The summed E-state index contributed by atoms with van der Waals surface area (Å²) in [6, 6.07) is 0. The lowest BCUT2D eigenvalue weighted by Crippen LogP contribution is -2.17. The summed E-state index contributed by atoms with van der Waals surface area (Å²) in [7, 11) is 0. The molecule has 1 atom stereocenters. The first-order valence-electron chi connectivity index (χ1n) is 4.44. The monoisotopic (exact) mass is 319 g/mol. The van der Waals surface area contributed by atoms with Gasteiger partial charge < -0.3 is 17.0 Å². The highest BCUT2D eigenvalue weighted by Crippen LogP contribution is 2.48. The summed E-state index contributed by atoms with van der Waals surface area (Å²) in [5, 5.41) is -1.56. The molecule has 0 amide bonds. The minimum atomic E-state index is -4.47. The molecule has 0 aromatic heterocycles. The number of rotatable bonds is 3. The lowest BCUT2D eigenvalue weighted by Gasteiger charge is -2.07. The van der Waals surface area contributed by atoms with Gasteiger partial charge in [0.2, 0.25) is 5.90 Å². The Morgan fingerprint density at radius 1 is 1.65 bits per heavy atom. The van der Waals surface area contributed by atoms with Crippen molar-refractivity contribution in [2.24, 2.45) is 4.99 Å². The molecule has 0 spiro atoms. The van der Waals surface area contributed by atoms with Gasteiger partial charge in [-0.05, 0) is 13.8 Å². The van der Waals surface area contributed by atoms with Crippen LogP contribution in [0.15, 0.2) is 16.0 Å². The molecular weight excluding hydrogens is 310 g/mol. The van der Waals surface area contributed by atoms with E-state index < -0.39 is 21.7 Å². The largest absolute Gasteiger partial charge is 0.475 e. The van der Waals surface area contributed by atoms with Crippen molar-refractivity contribution in [2.75, 3.05) is 6.61 Å². The van der Waals surface area contributed by atoms with Gasteiger partial charge in [0.25, 0.3) is 0 Å². The summed E-state index contributed by atoms with van der Waals surface area (Å²) < 4.78 is 43.0. The average molecular weight is 319 g/mol. The molecule has 0 radical (unpaired) electrons. The van der Waals surface area contributed by atoms with Crippen molar-refractivity contribution < 1.29 is 17.9 Å². The van der Waals surface area contributed by atoms with Crippen LogP contribution in [0.1, 0.15) is 13.8 Å². The van der Waals surface area contributed by atoms with Gasteiger partial charge in [0.05, 0.1) is 5.54 Å². The Morgan fingerprint density at radius 3 is 2.59 bits per heavy atom. The van der Waals surface area contributed by atoms with Crippen molar-refractivity contribution in [1.82, 2.24) is 0 Å². The van der Waals surface area contributed by atoms with Crippen molar-refractivity contribution in [2.45, 2.75) is 25.6 Å². The molecule has 2 nitrogen and oxygen atoms in total. The van der Waals surface area contributed by atoms with Crippen LogP contribution in [-0.2, 0) is 28.8 Å². The van der Waals surface area contributed by atoms with Gasteiger partial charge in [0, 0.05) is 6.08 Å². The summed E-state index contributed by atoms with van der Waals surface area (Å²) >= 11 is 9.73. The fraction of sp³-hybridized carbons (Fsp3) is 0.625. The molecule has 1 aliphatic heterocycles. The normalized spacial score (nSPS) is 20.9. The summed E-state index contributed by atoms with van der Waals surface area (Å²) in [5.41, 5.74) is -0.486. The third kappa shape index (κ3) is 5.16. The molecule has 17 heavy (non-hydrogen) atoms. The molecule has 96 valence electrons. The molecule has 0 aromatic carbocycles. The minimum absolute atomic E-state index is 0.0170. The third-order valence-electron chi connectivity index (χ3n) is 1.69. The van der Waals surface area contributed by atoms with Gasteiger partial charge in [-0.25, -0.2) is 4.99 Å². The fourth-order valence-corrected chi connectivity index (χ4v) is 3.85. The van der Waals surface area contributed by atoms with Gasteiger partial charge in [-0.3, -0.25) is 0 Å². The smallest absolute Gasteiger partial charge is 0.426 e. The number of nitrogens with zero attached hydrogens (tertiary/aromatic N) is 1. The Morgan fingerprint density at radius 2 is 2.24 bits per heavy atom. The number of alkyl halides is 3. The van der Waals surface area contributed by atoms with E-state index in [9.17, 15) is 13.2 Å². The van der Waals surface area contributed by atoms with Crippen LogP contribution in [0.2, 0.25) is 0 Å². The van der Waals surface area contributed by atoms with Crippen LogP contribution >= 0.6 is 16.5 Å². The van der Waals surface area contributed by atoms with E-state index in [1.54, 1.807) is 13.8 Å². The highest BCUT2D eigenvalue weighted by atomic mass is 33.2. The van der Waals surface area contributed by atoms with Crippen molar-refractivity contribution in [1.29, 1.82) is 0 Å². The van der Waals surface area contributed by atoms with E-state index in [1.165, 1.54) is 0 Å². The first kappa shape index (κ1) is 15.3. The van der Waals surface area contributed by atoms with Gasteiger partial charge in [-0.15, -0.1) is 0 Å². The molecule has 1 unspecified atom stereocenters. The van der Waals surface area contributed by atoms with Crippen LogP contribution in [0.25, 0.3) is 0 Å². The molecule has 9 heteroatoms. The van der Waals surface area contributed by atoms with Crippen LogP contribution in [0.5, 0.6) is 0 Å². The second-order valence-electron chi connectivity index (χ2n) is 3.87. The predicted molar refractivity (Wildman–Crippen MR) is 70.8 cm³/mol. The molecule has 0 saturated carbocycles. The highest BCUT2D eigenvalue weighted by molar-refractivity contribution is 8.86. The average Bonchev–Trinajstić information content (AvgIpc) is 2.42. The topological polar surface area (TPSA) is 21.6 Å². The second kappa shape index (κ2) is 5.47. The maximum Gasteiger partial charge on any atom is 0.426 e. The number of ether oxygens (including phenoxy) is 1. The molecule has 0 fully saturated rings. The standard InChI is InChI=1S/C8H9F3NOPS3/c1-7(2)4-13-6(12-7)3-5(8(9,10)11)17-14(15)16/h3H,4H2,1-2H3/b5-3-. The zero-order valence-electron chi connectivity index (χ0n) is 8.95. The highest BCUT2D eigenvalue weighted by Gasteiger charge is 2.38. The fourth-order valence-electron chi connectivity index (χ4n) is 1.04. The lowest BCUT2D eigenvalue weighted by molar-refractivity contribution is -0.0834. The number of allylic oxidation sites excluding steroid dienone is 1. The Labute approximate surface area is 112 Å². The van der Waals surface area contributed by atoms with Crippen molar-refractivity contribution in [3.63, 3.8) is 0 Å². The maximum absolute atomic E-state index is 12.6. The van der Waals surface area contributed by atoms with Crippen LogP contribution in [0.3, 0.4) is 0 Å². The molecule has 1 heterocycles. The van der Waals surface area contributed by atoms with E-state index in [1.807, 2.05) is 0 Å². The summed E-state index contributed by atoms with van der Waals surface area (Å²) in [6.07, 6.45) is -3.60. The molecule has 0 N–H and O–H groups in total. The van der Waals surface area contributed by atoms with Gasteiger partial charge in [-0.1, -0.05) is 0 Å². The van der Waals surface area contributed by atoms with E-state index in [0.717, 1.165) is 6.08 Å². The summed E-state index contributed by atoms with van der Waals surface area (Å²) in [5.74, 6) is -0.0170. The Bertz CT molecular complexity index is 392. The SMILES string of the molecule is CC1(C)COC(/C=C(\S[P+](=S)[S-])C(F)(F)F)=N1. The zero-order chi connectivity index (χ0) is 13.3. The Balaban J connectivity index is 2.95. The Hall–Kier alpha value is 0.220. The predicted octanol–water partition coefficient (Wildman–Crippen LogP) is 3.69. The molecule has 1 rings (SSSR count). The molecular formula is C8H9F3NOPS3. The molecule has 0 aliphatic carbocycles. The van der Waals surface area contributed by atoms with Gasteiger partial charge >= 0.3 is 6.18 Å². The third-order valence-corrected chi connectivity index (χ3v) is 4.77. The molecule has 1 aliphatic rings. The van der Waals surface area contributed by atoms with E-state index >= 15 is 0 Å². The van der Waals surface area contributed by atoms with Crippen molar-refractivity contribution in [3.05, 3.63) is 11.0 Å². The summed E-state index contributed by atoms with van der Waals surface area (Å²) in [4.78, 5) is 3.18. The summed E-state index contributed by atoms with van der Waals surface area (Å²) in [6.45, 7) is 3.83. The number of aliphatic imine (C=N–C) groups is 1. The van der Waals surface area contributed by atoms with Crippen LogP contribution < -0.4 is 0 Å². The number of halogens is 3. The van der Waals surface area contributed by atoms with Crippen molar-refractivity contribution in [3.8, 4) is 0 Å². The van der Waals surface area contributed by atoms with Crippen LogP contribution in [0, 0.1) is 0 Å². The maximum atomic E-state index is 12.6. The zero-order valence-corrected chi connectivity index (χ0v) is 12.3. The van der Waals surface area contributed by atoms with E-state index in [4.69, 9.17) is 4.74 Å². The minimum Gasteiger partial charge on any atom is -0.475 e. The Kier molecular flexibility index (Phi) is 4.91. The van der Waals surface area contributed by atoms with E-state index in [0.29, 0.717) is 11.4 Å². The first-order valence-corrected chi connectivity index (χ1v) is 9.23. The van der Waals surface area contributed by atoms with Crippen LogP contribution in [0.4, 0.5) is 13.2 Å². The van der Waals surface area contributed by atoms with Gasteiger partial charge in [0.15, 0.2) is 0 Å². The van der Waals surface area contributed by atoms with Gasteiger partial charge in [-0.2, -0.15) is 13.2 Å². The molecule has 0 saturated heterocycles. The lowest BCUT2D eigenvalue weighted by atomic mass is 10.1. The second-order valence-corrected chi connectivity index (χ2v) is 10.9.